The highest BCUT2D eigenvalue weighted by Crippen LogP contribution is 2.35. The average molecular weight is 533 g/mol. The highest BCUT2D eigenvalue weighted by Gasteiger charge is 2.16. The van der Waals surface area contributed by atoms with Crippen molar-refractivity contribution in [1.29, 1.82) is 21.0 Å². The minimum atomic E-state index is 0.590. The van der Waals surface area contributed by atoms with E-state index in [1.54, 1.807) is 24.3 Å². The van der Waals surface area contributed by atoms with E-state index < -0.39 is 0 Å². The molecule has 7 rings (SSSR count). The van der Waals surface area contributed by atoms with Crippen molar-refractivity contribution < 1.29 is 0 Å². The molecule has 0 unspecified atom stereocenters. The first kappa shape index (κ1) is 24.4. The molecule has 0 aliphatic carbocycles. The molecule has 0 saturated heterocycles. The van der Waals surface area contributed by atoms with Gasteiger partial charge in [-0.1, -0.05) is 48.5 Å². The molecule has 190 valence electrons. The highest BCUT2D eigenvalue weighted by molar-refractivity contribution is 6.21. The van der Waals surface area contributed by atoms with Crippen LogP contribution in [0.15, 0.2) is 107 Å². The first-order chi connectivity index (χ1) is 20.6. The topological polar surface area (TPSA) is 120 Å². The van der Waals surface area contributed by atoms with E-state index >= 15 is 0 Å². The lowest BCUT2D eigenvalue weighted by Gasteiger charge is -2.02. The third-order valence-corrected chi connectivity index (χ3v) is 7.82. The fourth-order valence-corrected chi connectivity index (χ4v) is 5.85. The van der Waals surface area contributed by atoms with Gasteiger partial charge in [0, 0.05) is 21.5 Å². The fraction of sp³-hybridized carbons (Fsp3) is 0. The number of hydrogen-bond acceptors (Lipinski definition) is 6. The SMILES string of the molecule is N#C/N=c1\c2cc(-c3ccc(C#N)cc3)ccc2c2cc3/c(=N/C#N)c4cc(-c5ccc(C#N)cc5)ccc4c3cc12. The summed E-state index contributed by atoms with van der Waals surface area (Å²) in [5.41, 5.74) is 5.01. The van der Waals surface area contributed by atoms with E-state index in [-0.39, 0.29) is 0 Å². The Kier molecular flexibility index (Phi) is 5.56. The van der Waals surface area contributed by atoms with Crippen LogP contribution in [0.4, 0.5) is 0 Å². The Morgan fingerprint density at radius 1 is 0.357 bits per heavy atom. The van der Waals surface area contributed by atoms with Crippen molar-refractivity contribution in [2.45, 2.75) is 0 Å². The zero-order valence-electron chi connectivity index (χ0n) is 21.9. The number of rotatable bonds is 2. The summed E-state index contributed by atoms with van der Waals surface area (Å²) in [6.45, 7) is 0. The van der Waals surface area contributed by atoms with Crippen LogP contribution >= 0.6 is 0 Å². The fourth-order valence-electron chi connectivity index (χ4n) is 5.85. The Morgan fingerprint density at radius 2 is 0.714 bits per heavy atom. The molecule has 0 radical (unpaired) electrons. The van der Waals surface area contributed by atoms with Gasteiger partial charge in [0.1, 0.15) is 0 Å². The molecule has 0 saturated carbocycles. The van der Waals surface area contributed by atoms with Gasteiger partial charge in [-0.2, -0.15) is 31.0 Å². The lowest BCUT2D eigenvalue weighted by atomic mass is 10.0. The maximum atomic E-state index is 9.62. The highest BCUT2D eigenvalue weighted by atomic mass is 14.7. The summed E-state index contributed by atoms with van der Waals surface area (Å²) in [5, 5.41) is 45.9. The molecule has 0 N–H and O–H groups in total. The molecule has 0 bridgehead atoms. The van der Waals surface area contributed by atoms with Gasteiger partial charge in [-0.05, 0) is 92.3 Å². The van der Waals surface area contributed by atoms with Crippen LogP contribution in [-0.4, -0.2) is 0 Å². The van der Waals surface area contributed by atoms with Crippen LogP contribution < -0.4 is 10.7 Å². The summed E-state index contributed by atoms with van der Waals surface area (Å²) in [6, 6.07) is 35.3. The Balaban J connectivity index is 1.51. The molecule has 0 aromatic heterocycles. The zero-order chi connectivity index (χ0) is 28.8. The van der Waals surface area contributed by atoms with Crippen LogP contribution in [0.5, 0.6) is 0 Å². The summed E-state index contributed by atoms with van der Waals surface area (Å²) in [7, 11) is 0. The first-order valence-electron chi connectivity index (χ1n) is 13.1. The minimum Gasteiger partial charge on any atom is -0.192 e. The predicted octanol–water partition coefficient (Wildman–Crippen LogP) is 7.02. The van der Waals surface area contributed by atoms with Gasteiger partial charge in [0.25, 0.3) is 0 Å². The third-order valence-electron chi connectivity index (χ3n) is 7.82. The van der Waals surface area contributed by atoms with Crippen molar-refractivity contribution in [3.8, 4) is 46.8 Å². The predicted molar refractivity (Wildman–Crippen MR) is 161 cm³/mol. The van der Waals surface area contributed by atoms with Crippen LogP contribution in [-0.2, 0) is 0 Å². The first-order valence-corrected chi connectivity index (χ1v) is 13.1. The van der Waals surface area contributed by atoms with E-state index in [0.717, 1.165) is 65.3 Å². The molecule has 7 aromatic rings. The molecule has 0 aliphatic heterocycles. The van der Waals surface area contributed by atoms with Gasteiger partial charge in [0.15, 0.2) is 0 Å². The Hall–Kier alpha value is -6.60. The number of nitriles is 4. The van der Waals surface area contributed by atoms with Crippen LogP contribution in [0.25, 0.3) is 65.3 Å². The zero-order valence-corrected chi connectivity index (χ0v) is 21.9. The van der Waals surface area contributed by atoms with E-state index in [0.29, 0.717) is 21.8 Å². The maximum absolute atomic E-state index is 9.62. The van der Waals surface area contributed by atoms with Crippen molar-refractivity contribution >= 4 is 43.1 Å². The molecule has 0 spiro atoms. The average Bonchev–Trinajstić information content (AvgIpc) is 3.51. The van der Waals surface area contributed by atoms with E-state index in [1.807, 2.05) is 85.2 Å². The van der Waals surface area contributed by atoms with Crippen molar-refractivity contribution in [3.05, 3.63) is 119 Å². The minimum absolute atomic E-state index is 0.590. The monoisotopic (exact) mass is 532 g/mol. The Labute approximate surface area is 239 Å². The van der Waals surface area contributed by atoms with Gasteiger partial charge >= 0.3 is 0 Å². The summed E-state index contributed by atoms with van der Waals surface area (Å²) in [5.74, 6) is 0. The van der Waals surface area contributed by atoms with Gasteiger partial charge in [0.2, 0.25) is 12.4 Å². The lowest BCUT2D eigenvalue weighted by molar-refractivity contribution is 1.37. The quantitative estimate of drug-likeness (QED) is 0.222. The Morgan fingerprint density at radius 3 is 1.07 bits per heavy atom. The van der Waals surface area contributed by atoms with E-state index in [4.69, 9.17) is 10.5 Å². The van der Waals surface area contributed by atoms with Crippen molar-refractivity contribution in [1.82, 2.24) is 0 Å². The van der Waals surface area contributed by atoms with Crippen LogP contribution in [0, 0.1) is 45.6 Å². The smallest absolute Gasteiger partial charge is 0.192 e. The molecule has 0 aliphatic rings. The number of hydrogen-bond donors (Lipinski definition) is 0. The van der Waals surface area contributed by atoms with Gasteiger partial charge in [0.05, 0.1) is 34.0 Å². The number of nitrogens with zero attached hydrogens (tertiary/aromatic N) is 6. The maximum Gasteiger partial charge on any atom is 0.206 e. The normalized spacial score (nSPS) is 12.0. The molecule has 0 heterocycles. The van der Waals surface area contributed by atoms with E-state index in [2.05, 4.69) is 22.1 Å². The molecule has 6 heteroatoms. The van der Waals surface area contributed by atoms with Crippen LogP contribution in [0.2, 0.25) is 0 Å². The summed E-state index contributed by atoms with van der Waals surface area (Å²) in [6.07, 6.45) is 3.96. The summed E-state index contributed by atoms with van der Waals surface area (Å²) < 4.78 is 0. The molecule has 0 atom stereocenters. The largest absolute Gasteiger partial charge is 0.206 e. The summed E-state index contributed by atoms with van der Waals surface area (Å²) in [4.78, 5) is 8.49. The third kappa shape index (κ3) is 3.70. The van der Waals surface area contributed by atoms with Crippen molar-refractivity contribution in [2.24, 2.45) is 9.98 Å². The number of benzene rings is 5. The van der Waals surface area contributed by atoms with Crippen molar-refractivity contribution in [3.63, 3.8) is 0 Å². The molecular formula is C36H16N6. The number of fused-ring (bicyclic) bond motifs is 6. The van der Waals surface area contributed by atoms with Gasteiger partial charge < -0.3 is 0 Å². The second kappa shape index (κ2) is 9.55. The van der Waals surface area contributed by atoms with Gasteiger partial charge in [-0.3, -0.25) is 0 Å². The van der Waals surface area contributed by atoms with Crippen LogP contribution in [0.1, 0.15) is 11.1 Å². The van der Waals surface area contributed by atoms with E-state index in [9.17, 15) is 10.5 Å². The molecule has 0 fully saturated rings. The second-order valence-corrected chi connectivity index (χ2v) is 9.96. The van der Waals surface area contributed by atoms with E-state index in [1.165, 1.54) is 0 Å². The summed E-state index contributed by atoms with van der Waals surface area (Å²) >= 11 is 0. The molecule has 0 amide bonds. The van der Waals surface area contributed by atoms with Crippen LogP contribution in [0.3, 0.4) is 0 Å². The molecule has 42 heavy (non-hydrogen) atoms. The lowest BCUT2D eigenvalue weighted by Crippen LogP contribution is -1.99. The molecule has 7 aromatic carbocycles. The second-order valence-electron chi connectivity index (χ2n) is 9.96. The van der Waals surface area contributed by atoms with Gasteiger partial charge in [-0.15, -0.1) is 0 Å². The van der Waals surface area contributed by atoms with Crippen molar-refractivity contribution in [2.75, 3.05) is 0 Å². The standard InChI is InChI=1S/C36H16N6/c37-17-21-1-5-23(6-2-21)25-9-11-27-29-15-34-30(16-33(29)35(41-19-39)31(27)13-25)28-12-10-26(14-32(28)36(34)42-20-40)24-7-3-22(18-38)4-8-24/h1-16H/b41-35+,42-36+. The Bertz CT molecular complexity index is 2350. The van der Waals surface area contributed by atoms with Gasteiger partial charge in [-0.25, -0.2) is 0 Å². The molecule has 6 nitrogen and oxygen atoms in total. The molecular weight excluding hydrogens is 516 g/mol.